The van der Waals surface area contributed by atoms with Gasteiger partial charge in [0.15, 0.2) is 0 Å². The van der Waals surface area contributed by atoms with Gasteiger partial charge in [0.05, 0.1) is 17.2 Å². The summed E-state index contributed by atoms with van der Waals surface area (Å²) in [5.41, 5.74) is 1.97. The largest absolute Gasteiger partial charge is 0.427 e. The van der Waals surface area contributed by atoms with Gasteiger partial charge in [0.2, 0.25) is 0 Å². The molecule has 0 amide bonds. The summed E-state index contributed by atoms with van der Waals surface area (Å²) >= 11 is 5.55. The second-order valence-corrected chi connectivity index (χ2v) is 3.92. The maximum atomic E-state index is 10.5. The van der Waals surface area contributed by atoms with Gasteiger partial charge in [0, 0.05) is 24.7 Å². The molecule has 0 aliphatic carbocycles. The van der Waals surface area contributed by atoms with E-state index >= 15 is 0 Å². The third kappa shape index (κ3) is 2.60. The monoisotopic (exact) mass is 267 g/mol. The molecule has 1 heterocycles. The average molecular weight is 268 g/mol. The van der Waals surface area contributed by atoms with Crippen LogP contribution >= 0.6 is 11.6 Å². The molecule has 6 nitrogen and oxygen atoms in total. The Morgan fingerprint density at radius 1 is 1.50 bits per heavy atom. The lowest BCUT2D eigenvalue weighted by atomic mass is 10.3. The summed E-state index contributed by atoms with van der Waals surface area (Å²) in [5, 5.41) is 10.5. The summed E-state index contributed by atoms with van der Waals surface area (Å²) in [4.78, 5) is 16.1. The van der Waals surface area contributed by atoms with E-state index in [4.69, 9.17) is 16.3 Å². The molecule has 0 aromatic heterocycles. The van der Waals surface area contributed by atoms with Crippen LogP contribution in [0.2, 0.25) is 0 Å². The molecule has 94 valence electrons. The molecule has 1 aromatic rings. The van der Waals surface area contributed by atoms with E-state index in [1.54, 1.807) is 17.0 Å². The van der Waals surface area contributed by atoms with Crippen molar-refractivity contribution in [3.63, 3.8) is 0 Å². The van der Waals surface area contributed by atoms with Crippen molar-refractivity contribution >= 4 is 29.0 Å². The highest BCUT2D eigenvalue weighted by Crippen LogP contribution is 2.21. The smallest absolute Gasteiger partial charge is 0.298 e. The van der Waals surface area contributed by atoms with Gasteiger partial charge in [0.25, 0.3) is 11.7 Å². The molecular formula is C11H10ClN3O3. The highest BCUT2D eigenvalue weighted by molar-refractivity contribution is 6.25. The van der Waals surface area contributed by atoms with E-state index in [0.29, 0.717) is 24.0 Å². The normalized spacial score (nSPS) is 19.3. The lowest BCUT2D eigenvalue weighted by molar-refractivity contribution is -0.384. The molecule has 1 aromatic carbocycles. The molecular weight excluding hydrogens is 258 g/mol. The summed E-state index contributed by atoms with van der Waals surface area (Å²) in [7, 11) is 1.82. The van der Waals surface area contributed by atoms with Gasteiger partial charge in [-0.2, -0.15) is 4.99 Å². The minimum absolute atomic E-state index is 0.0287. The Bertz CT molecular complexity index is 525. The highest BCUT2D eigenvalue weighted by atomic mass is 35.5. The van der Waals surface area contributed by atoms with Crippen molar-refractivity contribution < 1.29 is 9.66 Å². The quantitative estimate of drug-likeness (QED) is 0.610. The number of rotatable bonds is 2. The van der Waals surface area contributed by atoms with Crippen LogP contribution in [0.5, 0.6) is 0 Å². The third-order valence-corrected chi connectivity index (χ3v) is 2.59. The number of nitro groups is 1. The van der Waals surface area contributed by atoms with Crippen LogP contribution < -0.4 is 0 Å². The molecule has 1 fully saturated rings. The zero-order valence-corrected chi connectivity index (χ0v) is 10.3. The van der Waals surface area contributed by atoms with Crippen LogP contribution in [0.15, 0.2) is 40.6 Å². The fourth-order valence-electron chi connectivity index (χ4n) is 1.45. The summed E-state index contributed by atoms with van der Waals surface area (Å²) in [6.45, 7) is 0.551. The van der Waals surface area contributed by atoms with Crippen molar-refractivity contribution in [2.75, 3.05) is 13.6 Å². The number of nitrogens with zero attached hydrogens (tertiary/aromatic N) is 3. The number of aliphatic imine (C=N–C) groups is 1. The van der Waals surface area contributed by atoms with Crippen LogP contribution in [0.1, 0.15) is 0 Å². The Morgan fingerprint density at radius 3 is 2.67 bits per heavy atom. The number of hydrogen-bond donors (Lipinski definition) is 0. The molecule has 18 heavy (non-hydrogen) atoms. The molecule has 2 rings (SSSR count). The number of non-ortho nitro benzene ring substituents is 1. The summed E-state index contributed by atoms with van der Waals surface area (Å²) < 4.78 is 5.38. The third-order valence-electron chi connectivity index (χ3n) is 2.35. The second-order valence-electron chi connectivity index (χ2n) is 3.70. The van der Waals surface area contributed by atoms with E-state index in [-0.39, 0.29) is 5.69 Å². The van der Waals surface area contributed by atoms with Gasteiger partial charge in [-0.25, -0.2) is 0 Å². The average Bonchev–Trinajstić information content (AvgIpc) is 2.71. The first-order valence-corrected chi connectivity index (χ1v) is 5.55. The Morgan fingerprint density at radius 2 is 2.17 bits per heavy atom. The molecule has 1 aliphatic rings. The predicted molar refractivity (Wildman–Crippen MR) is 67.8 cm³/mol. The maximum absolute atomic E-state index is 10.5. The van der Waals surface area contributed by atoms with Gasteiger partial charge >= 0.3 is 0 Å². The van der Waals surface area contributed by atoms with Gasteiger partial charge < -0.3 is 9.64 Å². The number of nitro benzene ring substituents is 1. The molecule has 0 radical (unpaired) electrons. The van der Waals surface area contributed by atoms with Gasteiger partial charge in [-0.3, -0.25) is 10.1 Å². The Kier molecular flexibility index (Phi) is 3.47. The van der Waals surface area contributed by atoms with Crippen LogP contribution in [0.3, 0.4) is 0 Å². The fraction of sp³-hybridized carbons (Fsp3) is 0.182. The molecule has 0 saturated carbocycles. The molecule has 0 N–H and O–H groups in total. The van der Waals surface area contributed by atoms with Crippen molar-refractivity contribution in [1.82, 2.24) is 4.90 Å². The van der Waals surface area contributed by atoms with Gasteiger partial charge in [-0.15, -0.1) is 0 Å². The Hall–Kier alpha value is -2.08. The molecule has 7 heteroatoms. The number of hydrogen-bond acceptors (Lipinski definition) is 4. The molecule has 0 atom stereocenters. The van der Waals surface area contributed by atoms with E-state index in [1.165, 1.54) is 17.7 Å². The van der Waals surface area contributed by atoms with E-state index in [9.17, 15) is 10.1 Å². The Labute approximate surface area is 108 Å². The van der Waals surface area contributed by atoms with Gasteiger partial charge in [-0.1, -0.05) is 11.6 Å². The van der Waals surface area contributed by atoms with Crippen LogP contribution in [-0.4, -0.2) is 29.4 Å². The lowest BCUT2D eigenvalue weighted by Crippen LogP contribution is -2.19. The first kappa shape index (κ1) is 12.4. The topological polar surface area (TPSA) is 68.0 Å². The van der Waals surface area contributed by atoms with Gasteiger partial charge in [0.1, 0.15) is 5.76 Å². The number of ether oxygens (including phenoxy) is 1. The first-order valence-electron chi connectivity index (χ1n) is 5.11. The van der Waals surface area contributed by atoms with Crippen LogP contribution in [0, 0.1) is 10.1 Å². The van der Waals surface area contributed by atoms with E-state index in [0.717, 1.165) is 0 Å². The predicted octanol–water partition coefficient (Wildman–Crippen LogP) is 2.62. The van der Waals surface area contributed by atoms with E-state index < -0.39 is 4.92 Å². The number of likely N-dealkylation sites (N-methyl/N-ethyl adjacent to an activating group) is 1. The second kappa shape index (κ2) is 5.05. The van der Waals surface area contributed by atoms with Crippen LogP contribution in [0.25, 0.3) is 0 Å². The zero-order valence-electron chi connectivity index (χ0n) is 9.54. The number of benzene rings is 1. The maximum Gasteiger partial charge on any atom is 0.298 e. The molecule has 0 bridgehead atoms. The fourth-order valence-corrected chi connectivity index (χ4v) is 1.57. The summed E-state index contributed by atoms with van der Waals surface area (Å²) in [6, 6.07) is 6.32. The molecule has 1 aliphatic heterocycles. The van der Waals surface area contributed by atoms with E-state index in [1.807, 2.05) is 7.05 Å². The standard InChI is InChI=1S/C11H10ClN3O3/c1-14-7-10(6-12)18-11(14)13-8-2-4-9(5-3-8)15(16)17/h2-6H,7H2,1H3/b10-6+,13-11?. The van der Waals surface area contributed by atoms with Crippen molar-refractivity contribution in [1.29, 1.82) is 0 Å². The van der Waals surface area contributed by atoms with Crippen molar-refractivity contribution in [3.8, 4) is 0 Å². The first-order chi connectivity index (χ1) is 8.60. The highest BCUT2D eigenvalue weighted by Gasteiger charge is 2.21. The van der Waals surface area contributed by atoms with Crippen LogP contribution in [-0.2, 0) is 4.74 Å². The lowest BCUT2D eigenvalue weighted by Gasteiger charge is -2.06. The summed E-state index contributed by atoms with van der Waals surface area (Å²) in [5.74, 6) is 0.611. The van der Waals surface area contributed by atoms with Crippen molar-refractivity contribution in [2.24, 2.45) is 4.99 Å². The van der Waals surface area contributed by atoms with Gasteiger partial charge in [-0.05, 0) is 12.1 Å². The summed E-state index contributed by atoms with van der Waals surface area (Å²) in [6.07, 6.45) is 0. The number of amidine groups is 1. The SMILES string of the molecule is CN1C/C(=C\Cl)OC1=Nc1ccc([N+](=O)[O-])cc1. The van der Waals surface area contributed by atoms with Crippen molar-refractivity contribution in [3.05, 3.63) is 45.7 Å². The minimum Gasteiger partial charge on any atom is -0.427 e. The minimum atomic E-state index is -0.455. The molecule has 0 spiro atoms. The Balaban J connectivity index is 2.20. The molecule has 0 unspecified atom stereocenters. The zero-order chi connectivity index (χ0) is 13.1. The van der Waals surface area contributed by atoms with Crippen molar-refractivity contribution in [2.45, 2.75) is 0 Å². The molecule has 1 saturated heterocycles. The number of halogens is 1. The van der Waals surface area contributed by atoms with E-state index in [2.05, 4.69) is 4.99 Å². The van der Waals surface area contributed by atoms with Crippen LogP contribution in [0.4, 0.5) is 11.4 Å².